The third-order valence-electron chi connectivity index (χ3n) is 3.61. The Morgan fingerprint density at radius 3 is 1.97 bits per heavy atom. The van der Waals surface area contributed by atoms with Crippen molar-refractivity contribution in [2.24, 2.45) is 0 Å². The zero-order chi connectivity index (χ0) is 22.0. The molecule has 0 aliphatic carbocycles. The molecule has 2 rings (SSSR count). The Balaban J connectivity index is 2.13. The van der Waals surface area contributed by atoms with Gasteiger partial charge in [0.15, 0.2) is 0 Å². The Kier molecular flexibility index (Phi) is 6.61. The molecule has 0 aromatic heterocycles. The van der Waals surface area contributed by atoms with Crippen molar-refractivity contribution in [3.8, 4) is 0 Å². The van der Waals surface area contributed by atoms with Gasteiger partial charge in [0, 0.05) is 10.2 Å². The highest BCUT2D eigenvalue weighted by atomic mass is 79.9. The molecule has 0 atom stereocenters. The maximum atomic E-state index is 12.5. The molecule has 2 N–H and O–H groups in total. The van der Waals surface area contributed by atoms with Gasteiger partial charge in [0.25, 0.3) is 0 Å². The van der Waals surface area contributed by atoms with Gasteiger partial charge in [-0.1, -0.05) is 28.1 Å². The first-order valence-corrected chi connectivity index (χ1v) is 8.61. The fourth-order valence-corrected chi connectivity index (χ4v) is 2.84. The van der Waals surface area contributed by atoms with E-state index < -0.39 is 37.1 Å². The topological polar surface area (TPSA) is 69.4 Å². The quantitative estimate of drug-likeness (QED) is 0.279. The van der Waals surface area contributed by atoms with E-state index in [0.717, 1.165) is 36.4 Å². The minimum absolute atomic E-state index is 0.0556. The number of hydrogen-bond acceptors (Lipinski definition) is 4. The van der Waals surface area contributed by atoms with Gasteiger partial charge in [0.2, 0.25) is 0 Å². The Hall–Kier alpha value is -2.56. The predicted molar refractivity (Wildman–Crippen MR) is 94.3 cm³/mol. The fraction of sp³-hybridized carbons (Fsp3) is 0.222. The number of rotatable bonds is 4. The standard InChI is InChI=1S/C18H12BrF6NO3/c19-13-6-12(14(26)5-11(13)8-18(23,24)25)16(28)29-15(27)10-3-1-9(2-4-10)7-17(20,21)22/h1-6H,7-8,26H2. The van der Waals surface area contributed by atoms with Gasteiger partial charge >= 0.3 is 24.3 Å². The number of nitrogens with two attached hydrogens (primary N) is 1. The highest BCUT2D eigenvalue weighted by molar-refractivity contribution is 9.10. The van der Waals surface area contributed by atoms with Gasteiger partial charge < -0.3 is 10.5 Å². The first-order valence-electron chi connectivity index (χ1n) is 7.82. The lowest BCUT2D eigenvalue weighted by atomic mass is 10.1. The number of hydrogen-bond donors (Lipinski definition) is 1. The molecule has 0 saturated carbocycles. The monoisotopic (exact) mass is 483 g/mol. The molecule has 29 heavy (non-hydrogen) atoms. The second-order valence-corrected chi connectivity index (χ2v) is 6.84. The van der Waals surface area contributed by atoms with Crippen LogP contribution < -0.4 is 5.73 Å². The van der Waals surface area contributed by atoms with Crippen LogP contribution in [0.25, 0.3) is 0 Å². The Bertz CT molecular complexity index is 923. The van der Waals surface area contributed by atoms with Gasteiger partial charge in [-0.05, 0) is 35.4 Å². The minimum atomic E-state index is -4.49. The van der Waals surface area contributed by atoms with Crippen molar-refractivity contribution < 1.29 is 40.7 Å². The molecular weight excluding hydrogens is 472 g/mol. The van der Waals surface area contributed by atoms with E-state index in [0.29, 0.717) is 0 Å². The first kappa shape index (κ1) is 22.7. The predicted octanol–water partition coefficient (Wildman–Crippen LogP) is 5.24. The van der Waals surface area contributed by atoms with Crippen LogP contribution in [0, 0.1) is 0 Å². The van der Waals surface area contributed by atoms with Crippen LogP contribution in [0.4, 0.5) is 32.0 Å². The van der Waals surface area contributed by atoms with E-state index in [-0.39, 0.29) is 32.4 Å². The number of halogens is 7. The summed E-state index contributed by atoms with van der Waals surface area (Å²) in [5, 5.41) is 0. The summed E-state index contributed by atoms with van der Waals surface area (Å²) < 4.78 is 79.2. The lowest BCUT2D eigenvalue weighted by molar-refractivity contribution is -0.128. The Morgan fingerprint density at radius 1 is 0.897 bits per heavy atom. The zero-order valence-corrected chi connectivity index (χ0v) is 15.9. The summed E-state index contributed by atoms with van der Waals surface area (Å²) >= 11 is 2.91. The van der Waals surface area contributed by atoms with Gasteiger partial charge in [-0.3, -0.25) is 0 Å². The summed E-state index contributed by atoms with van der Waals surface area (Å²) in [6.45, 7) is 0. The van der Waals surface area contributed by atoms with Gasteiger partial charge in [-0.15, -0.1) is 0 Å². The van der Waals surface area contributed by atoms with Crippen molar-refractivity contribution in [2.75, 3.05) is 5.73 Å². The van der Waals surface area contributed by atoms with E-state index in [1.165, 1.54) is 0 Å². The molecule has 0 aliphatic rings. The Labute approximate surface area is 168 Å². The van der Waals surface area contributed by atoms with Crippen LogP contribution in [0.5, 0.6) is 0 Å². The van der Waals surface area contributed by atoms with Crippen molar-refractivity contribution in [3.05, 3.63) is 63.1 Å². The van der Waals surface area contributed by atoms with Gasteiger partial charge in [-0.2, -0.15) is 26.3 Å². The van der Waals surface area contributed by atoms with E-state index >= 15 is 0 Å². The molecule has 4 nitrogen and oxygen atoms in total. The lowest BCUT2D eigenvalue weighted by Crippen LogP contribution is -2.16. The molecule has 2 aromatic carbocycles. The van der Waals surface area contributed by atoms with Gasteiger partial charge in [0.1, 0.15) is 0 Å². The smallest absolute Gasteiger partial charge is 0.393 e. The number of benzene rings is 2. The van der Waals surface area contributed by atoms with E-state index in [1.54, 1.807) is 0 Å². The molecule has 0 bridgehead atoms. The van der Waals surface area contributed by atoms with Crippen molar-refractivity contribution in [1.82, 2.24) is 0 Å². The average molecular weight is 484 g/mol. The van der Waals surface area contributed by atoms with E-state index in [4.69, 9.17) is 5.73 Å². The maximum absolute atomic E-state index is 12.5. The van der Waals surface area contributed by atoms with Crippen LogP contribution in [-0.4, -0.2) is 24.3 Å². The van der Waals surface area contributed by atoms with E-state index in [9.17, 15) is 35.9 Å². The molecule has 0 unspecified atom stereocenters. The Morgan fingerprint density at radius 2 is 1.45 bits per heavy atom. The van der Waals surface area contributed by atoms with Crippen molar-refractivity contribution in [1.29, 1.82) is 0 Å². The maximum Gasteiger partial charge on any atom is 0.393 e. The number of nitrogen functional groups attached to an aromatic ring is 1. The zero-order valence-electron chi connectivity index (χ0n) is 14.3. The van der Waals surface area contributed by atoms with Crippen molar-refractivity contribution in [3.63, 3.8) is 0 Å². The number of esters is 2. The van der Waals surface area contributed by atoms with Crippen LogP contribution >= 0.6 is 15.9 Å². The van der Waals surface area contributed by atoms with Crippen LogP contribution in [-0.2, 0) is 17.6 Å². The third-order valence-corrected chi connectivity index (χ3v) is 4.35. The fourth-order valence-electron chi connectivity index (χ4n) is 2.35. The van der Waals surface area contributed by atoms with Gasteiger partial charge in [-0.25, -0.2) is 9.59 Å². The molecule has 0 saturated heterocycles. The second kappa shape index (κ2) is 8.44. The molecule has 0 fully saturated rings. The van der Waals surface area contributed by atoms with Crippen LogP contribution in [0.1, 0.15) is 31.8 Å². The molecule has 2 aromatic rings. The SMILES string of the molecule is Nc1cc(CC(F)(F)F)c(Br)cc1C(=O)OC(=O)c1ccc(CC(F)(F)F)cc1. The largest absolute Gasteiger partial charge is 0.398 e. The second-order valence-electron chi connectivity index (χ2n) is 5.99. The van der Waals surface area contributed by atoms with E-state index in [1.807, 2.05) is 0 Å². The molecule has 0 spiro atoms. The number of ether oxygens (including phenoxy) is 1. The average Bonchev–Trinajstić information content (AvgIpc) is 2.55. The van der Waals surface area contributed by atoms with E-state index in [2.05, 4.69) is 20.7 Å². The number of anilines is 1. The molecule has 156 valence electrons. The van der Waals surface area contributed by atoms with Crippen molar-refractivity contribution in [2.45, 2.75) is 25.2 Å². The van der Waals surface area contributed by atoms with Crippen LogP contribution in [0.15, 0.2) is 40.9 Å². The first-order chi connectivity index (χ1) is 13.2. The highest BCUT2D eigenvalue weighted by Gasteiger charge is 2.30. The molecule has 11 heteroatoms. The molecule has 0 aliphatic heterocycles. The molecular formula is C18H12BrF6NO3. The normalized spacial score (nSPS) is 12.0. The number of alkyl halides is 6. The number of carbonyl (C=O) groups is 2. The molecule has 0 amide bonds. The highest BCUT2D eigenvalue weighted by Crippen LogP contribution is 2.30. The summed E-state index contributed by atoms with van der Waals surface area (Å²) in [6, 6.07) is 6.17. The number of carbonyl (C=O) groups excluding carboxylic acids is 2. The summed E-state index contributed by atoms with van der Waals surface area (Å²) in [5.41, 5.74) is 4.44. The lowest BCUT2D eigenvalue weighted by Gasteiger charge is -2.12. The van der Waals surface area contributed by atoms with Crippen molar-refractivity contribution >= 4 is 33.6 Å². The van der Waals surface area contributed by atoms with Gasteiger partial charge in [0.05, 0.1) is 24.0 Å². The minimum Gasteiger partial charge on any atom is -0.398 e. The molecule has 0 heterocycles. The summed E-state index contributed by atoms with van der Waals surface area (Å²) in [5.74, 6) is -2.37. The summed E-state index contributed by atoms with van der Waals surface area (Å²) in [7, 11) is 0. The molecule has 0 radical (unpaired) electrons. The van der Waals surface area contributed by atoms with Crippen LogP contribution in [0.2, 0.25) is 0 Å². The third kappa shape index (κ3) is 6.77. The summed E-state index contributed by atoms with van der Waals surface area (Å²) in [4.78, 5) is 24.1. The van der Waals surface area contributed by atoms with Crippen LogP contribution in [0.3, 0.4) is 0 Å². The summed E-state index contributed by atoms with van der Waals surface area (Å²) in [6.07, 6.45) is -11.4.